The van der Waals surface area contributed by atoms with Gasteiger partial charge in [0.25, 0.3) is 0 Å². The van der Waals surface area contributed by atoms with Crippen molar-refractivity contribution >= 4 is 23.3 Å². The van der Waals surface area contributed by atoms with Crippen LogP contribution in [0.4, 0.5) is 5.69 Å². The lowest BCUT2D eigenvalue weighted by Crippen LogP contribution is -2.44. The van der Waals surface area contributed by atoms with Crippen LogP contribution in [0.25, 0.3) is 0 Å². The molecule has 2 aromatic carbocycles. The van der Waals surface area contributed by atoms with Gasteiger partial charge in [0.1, 0.15) is 6.04 Å². The monoisotopic (exact) mass is 321 g/mol. The number of hydrogen-bond donors (Lipinski definition) is 2. The molecule has 1 atom stereocenters. The fourth-order valence-electron chi connectivity index (χ4n) is 2.56. The van der Waals surface area contributed by atoms with Crippen molar-refractivity contribution in [1.82, 2.24) is 5.32 Å². The molecule has 0 radical (unpaired) electrons. The average molecular weight is 321 g/mol. The molecule has 5 nitrogen and oxygen atoms in total. The Morgan fingerprint density at radius 1 is 1.17 bits per heavy atom. The SMILES string of the molecule is CCc1ccc(NC2=N[C@H](C(=O)c3ccccc3)CC(=O)N2)cc1. The Kier molecular flexibility index (Phi) is 4.70. The van der Waals surface area contributed by atoms with Gasteiger partial charge in [-0.2, -0.15) is 0 Å². The van der Waals surface area contributed by atoms with Crippen molar-refractivity contribution in [3.05, 3.63) is 65.7 Å². The fourth-order valence-corrected chi connectivity index (χ4v) is 2.56. The van der Waals surface area contributed by atoms with E-state index in [9.17, 15) is 9.59 Å². The summed E-state index contributed by atoms with van der Waals surface area (Å²) in [7, 11) is 0. The highest BCUT2D eigenvalue weighted by Crippen LogP contribution is 2.14. The van der Waals surface area contributed by atoms with E-state index in [1.807, 2.05) is 30.3 Å². The molecule has 0 unspecified atom stereocenters. The maximum Gasteiger partial charge on any atom is 0.229 e. The molecule has 2 aromatic rings. The number of Topliss-reactive ketones (excluding diaryl/α,β-unsaturated/α-hetero) is 1. The molecule has 1 aliphatic heterocycles. The van der Waals surface area contributed by atoms with Gasteiger partial charge in [0, 0.05) is 11.3 Å². The number of benzene rings is 2. The predicted octanol–water partition coefficient (Wildman–Crippen LogP) is 2.79. The molecule has 0 spiro atoms. The zero-order valence-corrected chi connectivity index (χ0v) is 13.5. The Hall–Kier alpha value is -2.95. The summed E-state index contributed by atoms with van der Waals surface area (Å²) in [6.07, 6.45) is 1.03. The van der Waals surface area contributed by atoms with Crippen LogP contribution in [-0.4, -0.2) is 23.7 Å². The minimum absolute atomic E-state index is 0.0632. The number of aliphatic imine (C=N–C) groups is 1. The first-order valence-corrected chi connectivity index (χ1v) is 7.98. The van der Waals surface area contributed by atoms with Crippen molar-refractivity contribution in [2.75, 3.05) is 5.32 Å². The van der Waals surface area contributed by atoms with Gasteiger partial charge in [-0.05, 0) is 24.1 Å². The van der Waals surface area contributed by atoms with Gasteiger partial charge in [0.15, 0.2) is 5.78 Å². The van der Waals surface area contributed by atoms with Crippen molar-refractivity contribution in [3.63, 3.8) is 0 Å². The molecule has 5 heteroatoms. The number of guanidine groups is 1. The lowest BCUT2D eigenvalue weighted by molar-refractivity contribution is -0.120. The summed E-state index contributed by atoms with van der Waals surface area (Å²) in [4.78, 5) is 28.8. The number of anilines is 1. The highest BCUT2D eigenvalue weighted by atomic mass is 16.2. The summed E-state index contributed by atoms with van der Waals surface area (Å²) < 4.78 is 0. The van der Waals surface area contributed by atoms with Crippen LogP contribution < -0.4 is 10.6 Å². The number of carbonyl (C=O) groups excluding carboxylic acids is 2. The molecule has 0 bridgehead atoms. The Bertz CT molecular complexity index is 767. The van der Waals surface area contributed by atoms with Gasteiger partial charge in [0.2, 0.25) is 11.9 Å². The summed E-state index contributed by atoms with van der Waals surface area (Å²) in [6.45, 7) is 2.09. The van der Waals surface area contributed by atoms with Crippen LogP contribution in [0.1, 0.15) is 29.3 Å². The highest BCUT2D eigenvalue weighted by Gasteiger charge is 2.27. The minimum Gasteiger partial charge on any atom is -0.326 e. The second-order valence-corrected chi connectivity index (χ2v) is 5.65. The highest BCUT2D eigenvalue weighted by molar-refractivity contribution is 6.11. The largest absolute Gasteiger partial charge is 0.326 e. The molecule has 0 saturated carbocycles. The molecule has 24 heavy (non-hydrogen) atoms. The Morgan fingerprint density at radius 2 is 1.88 bits per heavy atom. The molecular formula is C19H19N3O2. The molecule has 1 amide bonds. The van der Waals surface area contributed by atoms with E-state index in [1.54, 1.807) is 24.3 Å². The van der Waals surface area contributed by atoms with E-state index in [2.05, 4.69) is 22.5 Å². The number of hydrogen-bond acceptors (Lipinski definition) is 4. The van der Waals surface area contributed by atoms with Gasteiger partial charge in [-0.15, -0.1) is 0 Å². The molecule has 0 saturated heterocycles. The second kappa shape index (κ2) is 7.08. The number of aryl methyl sites for hydroxylation is 1. The van der Waals surface area contributed by atoms with Crippen LogP contribution in [-0.2, 0) is 11.2 Å². The molecule has 0 fully saturated rings. The number of nitrogens with one attached hydrogen (secondary N) is 2. The topological polar surface area (TPSA) is 70.6 Å². The van der Waals surface area contributed by atoms with E-state index in [4.69, 9.17) is 0 Å². The maximum absolute atomic E-state index is 12.5. The van der Waals surface area contributed by atoms with Crippen molar-refractivity contribution < 1.29 is 9.59 Å². The second-order valence-electron chi connectivity index (χ2n) is 5.65. The lowest BCUT2D eigenvalue weighted by atomic mass is 10.0. The summed E-state index contributed by atoms with van der Waals surface area (Å²) in [5.74, 6) is -0.0529. The third-order valence-electron chi connectivity index (χ3n) is 3.91. The van der Waals surface area contributed by atoms with E-state index in [0.717, 1.165) is 12.1 Å². The van der Waals surface area contributed by atoms with Gasteiger partial charge in [0.05, 0.1) is 6.42 Å². The van der Waals surface area contributed by atoms with E-state index < -0.39 is 6.04 Å². The van der Waals surface area contributed by atoms with Crippen LogP contribution in [0.2, 0.25) is 0 Å². The standard InChI is InChI=1S/C19H19N3O2/c1-2-13-8-10-15(11-9-13)20-19-21-16(12-17(23)22-19)18(24)14-6-4-3-5-7-14/h3-11,16H,2,12H2,1H3,(H2,20,21,22,23)/t16-/m0/s1. The molecule has 122 valence electrons. The van der Waals surface area contributed by atoms with Crippen LogP contribution in [0, 0.1) is 0 Å². The fraction of sp³-hybridized carbons (Fsp3) is 0.211. The van der Waals surface area contributed by atoms with Crippen LogP contribution >= 0.6 is 0 Å². The first-order chi connectivity index (χ1) is 11.7. The van der Waals surface area contributed by atoms with Crippen LogP contribution in [0.3, 0.4) is 0 Å². The molecule has 3 rings (SSSR count). The zero-order chi connectivity index (χ0) is 16.9. The maximum atomic E-state index is 12.5. The van der Waals surface area contributed by atoms with Gasteiger partial charge in [-0.1, -0.05) is 49.4 Å². The summed E-state index contributed by atoms with van der Waals surface area (Å²) in [6, 6.07) is 16.1. The molecule has 0 aliphatic carbocycles. The molecule has 1 aliphatic rings. The predicted molar refractivity (Wildman–Crippen MR) is 94.2 cm³/mol. The van der Waals surface area contributed by atoms with Gasteiger partial charge in [-0.3, -0.25) is 14.9 Å². The van der Waals surface area contributed by atoms with E-state index in [0.29, 0.717) is 11.5 Å². The first-order valence-electron chi connectivity index (χ1n) is 7.98. The van der Waals surface area contributed by atoms with Crippen LogP contribution in [0.5, 0.6) is 0 Å². The Morgan fingerprint density at radius 3 is 2.54 bits per heavy atom. The Labute approximate surface area is 140 Å². The van der Waals surface area contributed by atoms with Gasteiger partial charge in [-0.25, -0.2) is 4.99 Å². The quantitative estimate of drug-likeness (QED) is 0.851. The number of rotatable bonds is 4. The summed E-state index contributed by atoms with van der Waals surface area (Å²) in [5.41, 5.74) is 2.61. The van der Waals surface area contributed by atoms with Crippen molar-refractivity contribution in [3.8, 4) is 0 Å². The lowest BCUT2D eigenvalue weighted by Gasteiger charge is -2.21. The smallest absolute Gasteiger partial charge is 0.229 e. The van der Waals surface area contributed by atoms with E-state index in [-0.39, 0.29) is 18.1 Å². The van der Waals surface area contributed by atoms with Crippen molar-refractivity contribution in [2.45, 2.75) is 25.8 Å². The third-order valence-corrected chi connectivity index (χ3v) is 3.91. The van der Waals surface area contributed by atoms with Crippen molar-refractivity contribution in [2.24, 2.45) is 4.99 Å². The summed E-state index contributed by atoms with van der Waals surface area (Å²) in [5, 5.41) is 5.74. The minimum atomic E-state index is -0.696. The van der Waals surface area contributed by atoms with E-state index >= 15 is 0 Å². The van der Waals surface area contributed by atoms with Gasteiger partial charge < -0.3 is 5.32 Å². The first kappa shape index (κ1) is 15.9. The van der Waals surface area contributed by atoms with Crippen LogP contribution in [0.15, 0.2) is 59.6 Å². The molecule has 1 heterocycles. The van der Waals surface area contributed by atoms with Crippen molar-refractivity contribution in [1.29, 1.82) is 0 Å². The summed E-state index contributed by atoms with van der Waals surface area (Å²) >= 11 is 0. The molecule has 2 N–H and O–H groups in total. The number of carbonyl (C=O) groups is 2. The zero-order valence-electron chi connectivity index (χ0n) is 13.5. The normalized spacial score (nSPS) is 17.0. The average Bonchev–Trinajstić information content (AvgIpc) is 2.62. The Balaban J connectivity index is 1.78. The molecular weight excluding hydrogens is 302 g/mol. The number of nitrogens with zero attached hydrogens (tertiary/aromatic N) is 1. The number of ketones is 1. The third kappa shape index (κ3) is 3.68. The molecule has 0 aromatic heterocycles. The van der Waals surface area contributed by atoms with E-state index in [1.165, 1.54) is 5.56 Å². The van der Waals surface area contributed by atoms with Gasteiger partial charge >= 0.3 is 0 Å². The number of amides is 1.